The lowest BCUT2D eigenvalue weighted by atomic mass is 10.2. The highest BCUT2D eigenvalue weighted by molar-refractivity contribution is 5.72. The highest BCUT2D eigenvalue weighted by Gasteiger charge is 1.90. The van der Waals surface area contributed by atoms with Crippen molar-refractivity contribution < 1.29 is 9.53 Å². The molecule has 0 spiro atoms. The Morgan fingerprint density at radius 1 is 1.44 bits per heavy atom. The third kappa shape index (κ3) is 5.77. The van der Waals surface area contributed by atoms with E-state index >= 15 is 0 Å². The number of urea groups is 1. The van der Waals surface area contributed by atoms with E-state index < -0.39 is 6.03 Å². The van der Waals surface area contributed by atoms with Crippen LogP contribution in [0.1, 0.15) is 12.0 Å². The van der Waals surface area contributed by atoms with Crippen LogP contribution in [-0.2, 0) is 11.3 Å². The summed E-state index contributed by atoms with van der Waals surface area (Å²) in [5, 5.41) is 3.59. The molecule has 5 heteroatoms. The van der Waals surface area contributed by atoms with Crippen molar-refractivity contribution in [2.24, 2.45) is 10.8 Å². The molecule has 0 atom stereocenters. The number of benzene rings is 1. The quantitative estimate of drug-likeness (QED) is 0.431. The Morgan fingerprint density at radius 3 is 2.88 bits per heavy atom. The summed E-state index contributed by atoms with van der Waals surface area (Å²) in [4.78, 5) is 10.2. The van der Waals surface area contributed by atoms with Crippen LogP contribution < -0.4 is 11.2 Å². The first kappa shape index (κ1) is 12.2. The van der Waals surface area contributed by atoms with E-state index in [4.69, 9.17) is 10.5 Å². The summed E-state index contributed by atoms with van der Waals surface area (Å²) in [5.74, 6) is 0. The number of nitrogens with one attached hydrogen (secondary N) is 1. The molecule has 1 rings (SSSR count). The number of nitrogens with two attached hydrogens (primary N) is 1. The van der Waals surface area contributed by atoms with Gasteiger partial charge in [-0.25, -0.2) is 10.2 Å². The Morgan fingerprint density at radius 2 is 2.19 bits per heavy atom. The molecule has 0 radical (unpaired) electrons. The molecule has 0 aliphatic carbocycles. The lowest BCUT2D eigenvalue weighted by Crippen LogP contribution is -2.24. The number of amides is 2. The minimum absolute atomic E-state index is 0.554. The van der Waals surface area contributed by atoms with Gasteiger partial charge in [0.2, 0.25) is 0 Å². The van der Waals surface area contributed by atoms with Crippen molar-refractivity contribution in [1.82, 2.24) is 5.43 Å². The van der Waals surface area contributed by atoms with Crippen molar-refractivity contribution in [2.75, 3.05) is 6.61 Å². The van der Waals surface area contributed by atoms with E-state index in [-0.39, 0.29) is 0 Å². The van der Waals surface area contributed by atoms with Gasteiger partial charge in [-0.1, -0.05) is 30.3 Å². The van der Waals surface area contributed by atoms with Crippen LogP contribution in [-0.4, -0.2) is 18.9 Å². The summed E-state index contributed by atoms with van der Waals surface area (Å²) in [7, 11) is 0. The Hall–Kier alpha value is -1.88. The van der Waals surface area contributed by atoms with Gasteiger partial charge in [-0.05, 0) is 5.56 Å². The molecule has 0 saturated heterocycles. The predicted molar refractivity (Wildman–Crippen MR) is 61.9 cm³/mol. The second-order valence-corrected chi connectivity index (χ2v) is 3.11. The summed E-state index contributed by atoms with van der Waals surface area (Å²) >= 11 is 0. The van der Waals surface area contributed by atoms with Gasteiger partial charge < -0.3 is 10.5 Å². The zero-order valence-corrected chi connectivity index (χ0v) is 8.93. The molecule has 2 amide bonds. The second-order valence-electron chi connectivity index (χ2n) is 3.11. The number of carbonyl (C=O) groups excluding carboxylic acids is 1. The third-order valence-corrected chi connectivity index (χ3v) is 1.77. The highest BCUT2D eigenvalue weighted by atomic mass is 16.5. The number of hydrogen-bond acceptors (Lipinski definition) is 3. The molecule has 16 heavy (non-hydrogen) atoms. The molecule has 1 aromatic rings. The van der Waals surface area contributed by atoms with E-state index in [0.717, 1.165) is 5.56 Å². The summed E-state index contributed by atoms with van der Waals surface area (Å²) < 4.78 is 5.39. The van der Waals surface area contributed by atoms with Gasteiger partial charge in [0.05, 0.1) is 13.2 Å². The number of hydrazone groups is 1. The van der Waals surface area contributed by atoms with Gasteiger partial charge in [0.15, 0.2) is 0 Å². The number of carbonyl (C=O) groups is 1. The van der Waals surface area contributed by atoms with Crippen molar-refractivity contribution in [3.63, 3.8) is 0 Å². The van der Waals surface area contributed by atoms with E-state index in [0.29, 0.717) is 19.6 Å². The van der Waals surface area contributed by atoms with Crippen molar-refractivity contribution in [2.45, 2.75) is 13.0 Å². The first-order valence-electron chi connectivity index (χ1n) is 4.97. The van der Waals surface area contributed by atoms with E-state index in [1.807, 2.05) is 30.3 Å². The molecule has 0 aliphatic rings. The largest absolute Gasteiger partial charge is 0.376 e. The molecule has 86 valence electrons. The maximum absolute atomic E-state index is 10.2. The van der Waals surface area contributed by atoms with E-state index in [9.17, 15) is 4.79 Å². The average molecular weight is 221 g/mol. The first-order valence-corrected chi connectivity index (χ1v) is 4.97. The lowest BCUT2D eigenvalue weighted by molar-refractivity contribution is 0.128. The average Bonchev–Trinajstić information content (AvgIpc) is 2.29. The van der Waals surface area contributed by atoms with E-state index in [1.165, 1.54) is 0 Å². The van der Waals surface area contributed by atoms with Crippen LogP contribution in [0.4, 0.5) is 4.79 Å². The highest BCUT2D eigenvalue weighted by Crippen LogP contribution is 2.00. The maximum Gasteiger partial charge on any atom is 0.332 e. The molecular weight excluding hydrogens is 206 g/mol. The van der Waals surface area contributed by atoms with Crippen LogP contribution in [0, 0.1) is 0 Å². The summed E-state index contributed by atoms with van der Waals surface area (Å²) in [5.41, 5.74) is 8.06. The Bertz CT molecular complexity index is 338. The fraction of sp³-hybridized carbons (Fsp3) is 0.273. The molecule has 0 aliphatic heterocycles. The Labute approximate surface area is 94.3 Å². The predicted octanol–water partition coefficient (Wildman–Crippen LogP) is 1.25. The van der Waals surface area contributed by atoms with Crippen molar-refractivity contribution in [1.29, 1.82) is 0 Å². The first-order chi connectivity index (χ1) is 7.79. The smallest absolute Gasteiger partial charge is 0.332 e. The molecule has 0 aromatic heterocycles. The summed E-state index contributed by atoms with van der Waals surface area (Å²) in [6.45, 7) is 1.14. The molecular formula is C11H15N3O2. The van der Waals surface area contributed by atoms with Crippen LogP contribution in [0.25, 0.3) is 0 Å². The van der Waals surface area contributed by atoms with Crippen molar-refractivity contribution >= 4 is 12.2 Å². The minimum atomic E-state index is -0.665. The standard InChI is InChI=1S/C11H15N3O2/c12-11(15)14-13-7-4-8-16-9-10-5-2-1-3-6-10/h1-3,5-7H,4,8-9H2,(H3,12,14,15). The van der Waals surface area contributed by atoms with Gasteiger partial charge in [0, 0.05) is 12.6 Å². The van der Waals surface area contributed by atoms with Gasteiger partial charge in [0.1, 0.15) is 0 Å². The van der Waals surface area contributed by atoms with E-state index in [1.54, 1.807) is 6.21 Å². The zero-order valence-electron chi connectivity index (χ0n) is 8.93. The maximum atomic E-state index is 10.2. The molecule has 0 unspecified atom stereocenters. The van der Waals surface area contributed by atoms with Gasteiger partial charge in [-0.15, -0.1) is 0 Å². The minimum Gasteiger partial charge on any atom is -0.376 e. The molecule has 0 heterocycles. The molecule has 0 saturated carbocycles. The van der Waals surface area contributed by atoms with Gasteiger partial charge in [0.25, 0.3) is 0 Å². The van der Waals surface area contributed by atoms with Crippen LogP contribution in [0.3, 0.4) is 0 Å². The molecule has 0 fully saturated rings. The van der Waals surface area contributed by atoms with Gasteiger partial charge in [-0.2, -0.15) is 5.10 Å². The molecule has 5 nitrogen and oxygen atoms in total. The van der Waals surface area contributed by atoms with Crippen LogP contribution in [0.5, 0.6) is 0 Å². The summed E-state index contributed by atoms with van der Waals surface area (Å²) in [6, 6.07) is 9.24. The van der Waals surface area contributed by atoms with E-state index in [2.05, 4.69) is 10.5 Å². The third-order valence-electron chi connectivity index (χ3n) is 1.77. The number of hydrogen-bond donors (Lipinski definition) is 2. The summed E-state index contributed by atoms with van der Waals surface area (Å²) in [6.07, 6.45) is 2.18. The normalized spacial score (nSPS) is 10.5. The van der Waals surface area contributed by atoms with Crippen LogP contribution in [0.15, 0.2) is 35.4 Å². The SMILES string of the molecule is NC(=O)NN=CCCOCc1ccccc1. The monoisotopic (exact) mass is 221 g/mol. The number of primary amides is 1. The zero-order chi connectivity index (χ0) is 11.6. The van der Waals surface area contributed by atoms with Gasteiger partial charge in [-0.3, -0.25) is 0 Å². The second kappa shape index (κ2) is 7.42. The molecule has 1 aromatic carbocycles. The number of nitrogens with zero attached hydrogens (tertiary/aromatic N) is 1. The van der Waals surface area contributed by atoms with Crippen molar-refractivity contribution in [3.8, 4) is 0 Å². The van der Waals surface area contributed by atoms with Crippen LogP contribution in [0.2, 0.25) is 0 Å². The Kier molecular flexibility index (Phi) is 5.65. The number of ether oxygens (including phenoxy) is 1. The lowest BCUT2D eigenvalue weighted by Gasteiger charge is -2.01. The fourth-order valence-corrected chi connectivity index (χ4v) is 1.07. The molecule has 3 N–H and O–H groups in total. The fourth-order valence-electron chi connectivity index (χ4n) is 1.07. The van der Waals surface area contributed by atoms with Crippen molar-refractivity contribution in [3.05, 3.63) is 35.9 Å². The van der Waals surface area contributed by atoms with Gasteiger partial charge >= 0.3 is 6.03 Å². The number of rotatable bonds is 6. The molecule has 0 bridgehead atoms. The Balaban J connectivity index is 2.04. The van der Waals surface area contributed by atoms with Crippen LogP contribution >= 0.6 is 0 Å². The topological polar surface area (TPSA) is 76.7 Å².